The third-order valence-corrected chi connectivity index (χ3v) is 6.23. The maximum absolute atomic E-state index is 13.3. The Morgan fingerprint density at radius 3 is 2.14 bits per heavy atom. The zero-order valence-corrected chi connectivity index (χ0v) is 13.9. The molecule has 4 atom stereocenters. The minimum absolute atomic E-state index is 0.0423. The van der Waals surface area contributed by atoms with Gasteiger partial charge >= 0.3 is 5.97 Å². The van der Waals surface area contributed by atoms with Crippen LogP contribution in [0.3, 0.4) is 0 Å². The zero-order valence-electron chi connectivity index (χ0n) is 13.9. The van der Waals surface area contributed by atoms with E-state index in [1.807, 2.05) is 18.7 Å². The highest BCUT2D eigenvalue weighted by Crippen LogP contribution is 2.60. The molecule has 3 aliphatic rings. The summed E-state index contributed by atoms with van der Waals surface area (Å²) >= 11 is 0. The maximum atomic E-state index is 13.3. The Labute approximate surface area is 131 Å². The van der Waals surface area contributed by atoms with Crippen molar-refractivity contribution >= 4 is 11.9 Å². The Hall–Kier alpha value is -1.14. The predicted molar refractivity (Wildman–Crippen MR) is 80.2 cm³/mol. The first-order valence-electron chi connectivity index (χ1n) is 8.07. The van der Waals surface area contributed by atoms with E-state index in [0.29, 0.717) is 13.1 Å². The fourth-order valence-corrected chi connectivity index (χ4v) is 4.41. The molecule has 3 saturated heterocycles. The molecule has 124 valence electrons. The number of hydrogen-bond acceptors (Lipinski definition) is 5. The average Bonchev–Trinajstić information content (AvgIpc) is 3.09. The van der Waals surface area contributed by atoms with Gasteiger partial charge in [0, 0.05) is 26.2 Å². The van der Waals surface area contributed by atoms with Crippen LogP contribution in [-0.4, -0.2) is 74.2 Å². The third-order valence-electron chi connectivity index (χ3n) is 6.23. The summed E-state index contributed by atoms with van der Waals surface area (Å²) in [7, 11) is 3.45. The van der Waals surface area contributed by atoms with E-state index in [9.17, 15) is 9.59 Å². The topological polar surface area (TPSA) is 59.1 Å². The Morgan fingerprint density at radius 2 is 1.59 bits per heavy atom. The molecule has 3 fully saturated rings. The predicted octanol–water partition coefficient (Wildman–Crippen LogP) is 0.507. The minimum atomic E-state index is -0.898. The second kappa shape index (κ2) is 5.20. The number of rotatable bonds is 2. The molecule has 1 amide bonds. The number of likely N-dealkylation sites (N-methyl/N-ethyl adjacent to an activating group) is 1. The fraction of sp³-hybridized carbons (Fsp3) is 0.875. The molecule has 0 spiro atoms. The van der Waals surface area contributed by atoms with Crippen molar-refractivity contribution in [3.05, 3.63) is 0 Å². The number of methoxy groups -OCH3 is 1. The zero-order chi connectivity index (χ0) is 16.1. The van der Waals surface area contributed by atoms with Gasteiger partial charge < -0.3 is 19.3 Å². The van der Waals surface area contributed by atoms with Crippen molar-refractivity contribution in [3.8, 4) is 0 Å². The number of esters is 1. The number of nitrogens with zero attached hydrogens (tertiary/aromatic N) is 2. The van der Waals surface area contributed by atoms with Gasteiger partial charge in [0.15, 0.2) is 0 Å². The van der Waals surface area contributed by atoms with Gasteiger partial charge in [-0.25, -0.2) is 0 Å². The van der Waals surface area contributed by atoms with Gasteiger partial charge in [0.25, 0.3) is 0 Å². The van der Waals surface area contributed by atoms with Crippen molar-refractivity contribution in [2.75, 3.05) is 40.3 Å². The molecule has 0 N–H and O–H groups in total. The van der Waals surface area contributed by atoms with Gasteiger partial charge in [0.1, 0.15) is 5.41 Å². The quantitative estimate of drug-likeness (QED) is 0.696. The lowest BCUT2D eigenvalue weighted by molar-refractivity contribution is -0.171. The van der Waals surface area contributed by atoms with Crippen LogP contribution in [0.1, 0.15) is 26.7 Å². The molecule has 22 heavy (non-hydrogen) atoms. The number of hydrogen-bond donors (Lipinski definition) is 0. The lowest BCUT2D eigenvalue weighted by atomic mass is 9.57. The normalized spacial score (nSPS) is 41.7. The SMILES string of the molecule is COC(=O)[C@]1(C)[C@H]2CC[C@H](O2)[C@]1(C)C(=O)N1CCN(C)CC1. The van der Waals surface area contributed by atoms with Crippen LogP contribution in [0.25, 0.3) is 0 Å². The number of carbonyl (C=O) groups is 2. The lowest BCUT2D eigenvalue weighted by Gasteiger charge is -2.46. The van der Waals surface area contributed by atoms with Crippen LogP contribution >= 0.6 is 0 Å². The molecule has 0 unspecified atom stereocenters. The summed E-state index contributed by atoms with van der Waals surface area (Å²) in [5.74, 6) is -0.287. The van der Waals surface area contributed by atoms with Gasteiger partial charge in [-0.1, -0.05) is 0 Å². The molecular formula is C16H26N2O4. The first-order valence-corrected chi connectivity index (χ1v) is 8.07. The summed E-state index contributed by atoms with van der Waals surface area (Å²) < 4.78 is 11.0. The molecule has 6 nitrogen and oxygen atoms in total. The van der Waals surface area contributed by atoms with Gasteiger partial charge in [0.2, 0.25) is 5.91 Å². The standard InChI is InChI=1S/C16H26N2O4/c1-15(13(19)18-9-7-17(3)8-10-18)11-5-6-12(22-11)16(15,2)14(20)21-4/h11-12H,5-10H2,1-4H3/t11-,12+,15+,16-/m0/s1. The fourth-order valence-electron chi connectivity index (χ4n) is 4.41. The molecule has 0 aromatic rings. The summed E-state index contributed by atoms with van der Waals surface area (Å²) in [6.45, 7) is 6.89. The number of amides is 1. The average molecular weight is 310 g/mol. The van der Waals surface area contributed by atoms with Crippen molar-refractivity contribution in [2.45, 2.75) is 38.9 Å². The van der Waals surface area contributed by atoms with Crippen molar-refractivity contribution in [1.82, 2.24) is 9.80 Å². The second-order valence-electron chi connectivity index (χ2n) is 7.18. The molecule has 3 aliphatic heterocycles. The second-order valence-corrected chi connectivity index (χ2v) is 7.18. The lowest BCUT2D eigenvalue weighted by Crippen LogP contribution is -2.62. The summed E-state index contributed by atoms with van der Waals surface area (Å²) in [5.41, 5.74) is -1.73. The first kappa shape index (κ1) is 15.7. The molecule has 0 saturated carbocycles. The molecular weight excluding hydrogens is 284 g/mol. The number of fused-ring (bicyclic) bond motifs is 2. The Bertz CT molecular complexity index is 489. The molecule has 3 rings (SSSR count). The summed E-state index contributed by atoms with van der Waals surface area (Å²) in [4.78, 5) is 29.9. The van der Waals surface area contributed by atoms with E-state index >= 15 is 0 Å². The highest BCUT2D eigenvalue weighted by Gasteiger charge is 2.72. The molecule has 6 heteroatoms. The largest absolute Gasteiger partial charge is 0.468 e. The van der Waals surface area contributed by atoms with Crippen LogP contribution in [-0.2, 0) is 19.1 Å². The summed E-state index contributed by atoms with van der Waals surface area (Å²) in [6, 6.07) is 0. The first-order chi connectivity index (χ1) is 10.4. The molecule has 0 radical (unpaired) electrons. The van der Waals surface area contributed by atoms with Gasteiger partial charge in [0.05, 0.1) is 24.7 Å². The Morgan fingerprint density at radius 1 is 1.05 bits per heavy atom. The van der Waals surface area contributed by atoms with E-state index in [-0.39, 0.29) is 24.1 Å². The number of piperazine rings is 1. The van der Waals surface area contributed by atoms with Crippen LogP contribution in [0.2, 0.25) is 0 Å². The third kappa shape index (κ3) is 1.86. The van der Waals surface area contributed by atoms with E-state index in [1.165, 1.54) is 7.11 Å². The molecule has 0 aromatic heterocycles. The van der Waals surface area contributed by atoms with E-state index in [0.717, 1.165) is 25.9 Å². The molecule has 3 heterocycles. The monoisotopic (exact) mass is 310 g/mol. The van der Waals surface area contributed by atoms with E-state index in [2.05, 4.69) is 11.9 Å². The van der Waals surface area contributed by atoms with Gasteiger partial charge in [-0.15, -0.1) is 0 Å². The van der Waals surface area contributed by atoms with Crippen molar-refractivity contribution in [3.63, 3.8) is 0 Å². The van der Waals surface area contributed by atoms with Gasteiger partial charge in [-0.05, 0) is 33.7 Å². The van der Waals surface area contributed by atoms with Gasteiger partial charge in [-0.2, -0.15) is 0 Å². The van der Waals surface area contributed by atoms with Crippen molar-refractivity contribution in [1.29, 1.82) is 0 Å². The summed E-state index contributed by atoms with van der Waals surface area (Å²) in [5, 5.41) is 0. The Kier molecular flexibility index (Phi) is 3.72. The Balaban J connectivity index is 1.92. The highest BCUT2D eigenvalue weighted by molar-refractivity contribution is 5.93. The van der Waals surface area contributed by atoms with Crippen LogP contribution in [0.4, 0.5) is 0 Å². The van der Waals surface area contributed by atoms with E-state index < -0.39 is 10.8 Å². The van der Waals surface area contributed by atoms with Crippen LogP contribution in [0.15, 0.2) is 0 Å². The van der Waals surface area contributed by atoms with Gasteiger partial charge in [-0.3, -0.25) is 9.59 Å². The minimum Gasteiger partial charge on any atom is -0.468 e. The van der Waals surface area contributed by atoms with Crippen LogP contribution < -0.4 is 0 Å². The molecule has 0 aromatic carbocycles. The van der Waals surface area contributed by atoms with E-state index in [1.54, 1.807) is 0 Å². The van der Waals surface area contributed by atoms with E-state index in [4.69, 9.17) is 9.47 Å². The number of carbonyl (C=O) groups excluding carboxylic acids is 2. The van der Waals surface area contributed by atoms with Crippen LogP contribution in [0, 0.1) is 10.8 Å². The maximum Gasteiger partial charge on any atom is 0.315 e. The highest BCUT2D eigenvalue weighted by atomic mass is 16.5. The van der Waals surface area contributed by atoms with Crippen molar-refractivity contribution in [2.24, 2.45) is 10.8 Å². The molecule has 2 bridgehead atoms. The molecule has 0 aliphatic carbocycles. The smallest absolute Gasteiger partial charge is 0.315 e. The number of ether oxygens (including phenoxy) is 2. The van der Waals surface area contributed by atoms with Crippen LogP contribution in [0.5, 0.6) is 0 Å². The van der Waals surface area contributed by atoms with Crippen molar-refractivity contribution < 1.29 is 19.1 Å². The summed E-state index contributed by atoms with van der Waals surface area (Å²) in [6.07, 6.45) is 1.26.